The third-order valence-electron chi connectivity index (χ3n) is 3.55. The minimum absolute atomic E-state index is 0.145. The van der Waals surface area contributed by atoms with Gasteiger partial charge in [0.2, 0.25) is 5.89 Å². The van der Waals surface area contributed by atoms with Crippen molar-refractivity contribution in [2.24, 2.45) is 5.92 Å². The number of rotatable bonds is 4. The summed E-state index contributed by atoms with van der Waals surface area (Å²) in [6.07, 6.45) is 8.91. The molecule has 20 heavy (non-hydrogen) atoms. The van der Waals surface area contributed by atoms with E-state index in [1.165, 1.54) is 31.9 Å². The summed E-state index contributed by atoms with van der Waals surface area (Å²) in [6, 6.07) is 3.53. The number of hydrogen-bond acceptors (Lipinski definition) is 5. The maximum absolute atomic E-state index is 11.9. The lowest BCUT2D eigenvalue weighted by Crippen LogP contribution is -2.12. The van der Waals surface area contributed by atoms with Crippen LogP contribution in [-0.4, -0.2) is 21.1 Å². The number of anilines is 1. The van der Waals surface area contributed by atoms with Gasteiger partial charge in [-0.3, -0.25) is 15.1 Å². The average molecular weight is 272 g/mol. The third kappa shape index (κ3) is 3.01. The molecule has 0 aromatic carbocycles. The standard InChI is InChI=1S/C14H16N4O2/c19-13(11-6-3-7-15-9-11)16-14-18-17-12(20-14)8-10-4-1-2-5-10/h3,6-7,9-10H,1-2,4-5,8H2,(H,16,18,19). The van der Waals surface area contributed by atoms with Crippen molar-refractivity contribution >= 4 is 11.9 Å². The normalized spacial score (nSPS) is 15.4. The van der Waals surface area contributed by atoms with Gasteiger partial charge in [-0.1, -0.05) is 17.9 Å². The summed E-state index contributed by atoms with van der Waals surface area (Å²) in [5, 5.41) is 10.4. The molecule has 1 aliphatic rings. The van der Waals surface area contributed by atoms with E-state index in [1.807, 2.05) is 0 Å². The third-order valence-corrected chi connectivity index (χ3v) is 3.55. The van der Waals surface area contributed by atoms with Gasteiger partial charge >= 0.3 is 6.01 Å². The zero-order valence-corrected chi connectivity index (χ0v) is 11.1. The van der Waals surface area contributed by atoms with Crippen molar-refractivity contribution in [1.82, 2.24) is 15.2 Å². The van der Waals surface area contributed by atoms with Crippen molar-refractivity contribution in [2.75, 3.05) is 5.32 Å². The van der Waals surface area contributed by atoms with Gasteiger partial charge in [0.15, 0.2) is 0 Å². The lowest BCUT2D eigenvalue weighted by Gasteiger charge is -2.03. The Labute approximate surface area is 116 Å². The minimum Gasteiger partial charge on any atom is -0.408 e. The molecule has 3 rings (SSSR count). The molecule has 0 saturated heterocycles. The monoisotopic (exact) mass is 272 g/mol. The number of carbonyl (C=O) groups excluding carboxylic acids is 1. The molecule has 1 saturated carbocycles. The van der Waals surface area contributed by atoms with E-state index in [9.17, 15) is 4.79 Å². The molecule has 0 bridgehead atoms. The highest BCUT2D eigenvalue weighted by Gasteiger charge is 2.19. The van der Waals surface area contributed by atoms with Crippen molar-refractivity contribution < 1.29 is 9.21 Å². The van der Waals surface area contributed by atoms with Crippen LogP contribution in [0.25, 0.3) is 0 Å². The molecule has 1 N–H and O–H groups in total. The van der Waals surface area contributed by atoms with Gasteiger partial charge in [-0.2, -0.15) is 0 Å². The molecule has 6 nitrogen and oxygen atoms in total. The Hall–Kier alpha value is -2.24. The van der Waals surface area contributed by atoms with Gasteiger partial charge in [-0.25, -0.2) is 0 Å². The lowest BCUT2D eigenvalue weighted by molar-refractivity contribution is 0.102. The van der Waals surface area contributed by atoms with Crippen LogP contribution in [-0.2, 0) is 6.42 Å². The number of hydrogen-bond donors (Lipinski definition) is 1. The highest BCUT2D eigenvalue weighted by Crippen LogP contribution is 2.27. The Morgan fingerprint density at radius 2 is 2.20 bits per heavy atom. The van der Waals surface area contributed by atoms with E-state index in [0.717, 1.165) is 6.42 Å². The van der Waals surface area contributed by atoms with Crippen LogP contribution in [0.15, 0.2) is 28.9 Å². The first-order valence-corrected chi connectivity index (χ1v) is 6.85. The van der Waals surface area contributed by atoms with E-state index in [1.54, 1.807) is 18.3 Å². The van der Waals surface area contributed by atoms with E-state index in [0.29, 0.717) is 17.4 Å². The van der Waals surface area contributed by atoms with Crippen molar-refractivity contribution in [3.63, 3.8) is 0 Å². The van der Waals surface area contributed by atoms with Gasteiger partial charge in [0.05, 0.1) is 5.56 Å². The largest absolute Gasteiger partial charge is 0.408 e. The maximum Gasteiger partial charge on any atom is 0.322 e. The van der Waals surface area contributed by atoms with Gasteiger partial charge in [0, 0.05) is 18.8 Å². The zero-order valence-electron chi connectivity index (χ0n) is 11.1. The van der Waals surface area contributed by atoms with Crippen LogP contribution in [0.3, 0.4) is 0 Å². The van der Waals surface area contributed by atoms with Crippen LogP contribution in [0, 0.1) is 5.92 Å². The van der Waals surface area contributed by atoms with Crippen LogP contribution in [0.1, 0.15) is 41.9 Å². The highest BCUT2D eigenvalue weighted by molar-refractivity contribution is 6.02. The molecule has 2 heterocycles. The molecule has 0 atom stereocenters. The quantitative estimate of drug-likeness (QED) is 0.924. The SMILES string of the molecule is O=C(Nc1nnc(CC2CCCC2)o1)c1cccnc1. The number of carbonyl (C=O) groups is 1. The Morgan fingerprint density at radius 1 is 1.35 bits per heavy atom. The summed E-state index contributed by atoms with van der Waals surface area (Å²) in [5.41, 5.74) is 0.461. The second-order valence-electron chi connectivity index (χ2n) is 5.05. The average Bonchev–Trinajstić information content (AvgIpc) is 3.12. The number of aromatic nitrogens is 3. The summed E-state index contributed by atoms with van der Waals surface area (Å²) < 4.78 is 5.46. The van der Waals surface area contributed by atoms with E-state index in [4.69, 9.17) is 4.42 Å². The van der Waals surface area contributed by atoms with Gasteiger partial charge in [0.25, 0.3) is 5.91 Å². The summed E-state index contributed by atoms with van der Waals surface area (Å²) in [4.78, 5) is 15.8. The zero-order chi connectivity index (χ0) is 13.8. The van der Waals surface area contributed by atoms with Gasteiger partial charge in [0.1, 0.15) is 0 Å². The maximum atomic E-state index is 11.9. The molecular formula is C14H16N4O2. The fourth-order valence-corrected chi connectivity index (χ4v) is 2.51. The molecule has 1 aliphatic carbocycles. The van der Waals surface area contributed by atoms with E-state index in [-0.39, 0.29) is 11.9 Å². The fraction of sp³-hybridized carbons (Fsp3) is 0.429. The number of amides is 1. The predicted molar refractivity (Wildman–Crippen MR) is 72.2 cm³/mol. The first kappa shape index (κ1) is 12.8. The smallest absolute Gasteiger partial charge is 0.322 e. The van der Waals surface area contributed by atoms with E-state index >= 15 is 0 Å². The van der Waals surface area contributed by atoms with Crippen LogP contribution >= 0.6 is 0 Å². The molecule has 0 radical (unpaired) electrons. The number of nitrogens with one attached hydrogen (secondary N) is 1. The summed E-state index contributed by atoms with van der Waals surface area (Å²) in [5.74, 6) is 0.935. The molecule has 1 amide bonds. The molecular weight excluding hydrogens is 256 g/mol. The fourth-order valence-electron chi connectivity index (χ4n) is 2.51. The van der Waals surface area contributed by atoms with Gasteiger partial charge in [-0.05, 0) is 30.9 Å². The minimum atomic E-state index is -0.297. The van der Waals surface area contributed by atoms with Crippen LogP contribution in [0.2, 0.25) is 0 Å². The summed E-state index contributed by atoms with van der Waals surface area (Å²) in [7, 11) is 0. The molecule has 6 heteroatoms. The predicted octanol–water partition coefficient (Wildman–Crippen LogP) is 2.45. The van der Waals surface area contributed by atoms with Gasteiger partial charge < -0.3 is 4.42 Å². The van der Waals surface area contributed by atoms with Crippen molar-refractivity contribution in [1.29, 1.82) is 0 Å². The van der Waals surface area contributed by atoms with Crippen LogP contribution in [0.4, 0.5) is 6.01 Å². The Morgan fingerprint density at radius 3 is 2.95 bits per heavy atom. The summed E-state index contributed by atoms with van der Waals surface area (Å²) >= 11 is 0. The van der Waals surface area contributed by atoms with E-state index in [2.05, 4.69) is 20.5 Å². The summed E-state index contributed by atoms with van der Waals surface area (Å²) in [6.45, 7) is 0. The molecule has 1 fully saturated rings. The van der Waals surface area contributed by atoms with Crippen molar-refractivity contribution in [2.45, 2.75) is 32.1 Å². The lowest BCUT2D eigenvalue weighted by atomic mass is 10.0. The molecule has 0 unspecified atom stereocenters. The first-order valence-electron chi connectivity index (χ1n) is 6.85. The Kier molecular flexibility index (Phi) is 3.71. The highest BCUT2D eigenvalue weighted by atomic mass is 16.4. The van der Waals surface area contributed by atoms with Crippen LogP contribution < -0.4 is 5.32 Å². The molecule has 0 aliphatic heterocycles. The second kappa shape index (κ2) is 5.81. The molecule has 0 spiro atoms. The van der Waals surface area contributed by atoms with Crippen LogP contribution in [0.5, 0.6) is 0 Å². The molecule has 104 valence electrons. The number of nitrogens with zero attached hydrogens (tertiary/aromatic N) is 3. The Balaban J connectivity index is 1.60. The first-order chi connectivity index (χ1) is 9.81. The molecule has 2 aromatic rings. The topological polar surface area (TPSA) is 80.9 Å². The second-order valence-corrected chi connectivity index (χ2v) is 5.05. The van der Waals surface area contributed by atoms with Crippen molar-refractivity contribution in [3.8, 4) is 0 Å². The van der Waals surface area contributed by atoms with E-state index < -0.39 is 0 Å². The van der Waals surface area contributed by atoms with Crippen molar-refractivity contribution in [3.05, 3.63) is 36.0 Å². The Bertz CT molecular complexity index is 576. The molecule has 2 aromatic heterocycles. The number of pyridine rings is 1. The van der Waals surface area contributed by atoms with Gasteiger partial charge in [-0.15, -0.1) is 5.10 Å².